The minimum Gasteiger partial charge on any atom is -0.476 e. The van der Waals surface area contributed by atoms with Crippen LogP contribution in [-0.2, 0) is 16.4 Å². The van der Waals surface area contributed by atoms with Crippen molar-refractivity contribution in [1.29, 1.82) is 0 Å². The Bertz CT molecular complexity index is 769. The van der Waals surface area contributed by atoms with E-state index in [1.807, 2.05) is 0 Å². The van der Waals surface area contributed by atoms with Crippen LogP contribution in [0.3, 0.4) is 0 Å². The number of halogens is 2. The molecule has 0 bridgehead atoms. The van der Waals surface area contributed by atoms with E-state index in [2.05, 4.69) is 9.71 Å². The molecule has 2 aromatic rings. The number of thiophene rings is 1. The van der Waals surface area contributed by atoms with E-state index in [4.69, 9.17) is 28.3 Å². The van der Waals surface area contributed by atoms with Crippen LogP contribution in [0.5, 0.6) is 0 Å². The highest BCUT2D eigenvalue weighted by molar-refractivity contribution is 7.89. The summed E-state index contributed by atoms with van der Waals surface area (Å²) in [4.78, 5) is 14.5. The lowest BCUT2D eigenvalue weighted by atomic mass is 10.4. The summed E-state index contributed by atoms with van der Waals surface area (Å²) in [7, 11) is -3.75. The predicted molar refractivity (Wildman–Crippen MR) is 82.3 cm³/mol. The predicted octanol–water partition coefficient (Wildman–Crippen LogP) is 2.73. The van der Waals surface area contributed by atoms with Gasteiger partial charge in [0.2, 0.25) is 10.0 Å². The van der Waals surface area contributed by atoms with E-state index >= 15 is 0 Å². The van der Waals surface area contributed by atoms with Crippen LogP contribution in [0, 0.1) is 0 Å². The molecule has 0 fully saturated rings. The summed E-state index contributed by atoms with van der Waals surface area (Å²) in [6.45, 7) is 0.0820. The number of aromatic carboxylic acids is 1. The second kappa shape index (κ2) is 6.59. The zero-order valence-electron chi connectivity index (χ0n) is 10.2. The molecule has 0 spiro atoms. The Labute approximate surface area is 138 Å². The van der Waals surface area contributed by atoms with Crippen molar-refractivity contribution in [3.8, 4) is 0 Å². The fourth-order valence-electron chi connectivity index (χ4n) is 1.40. The second-order valence-corrected chi connectivity index (χ2v) is 8.73. The monoisotopic (exact) mass is 386 g/mol. The molecule has 2 heterocycles. The third-order valence-corrected chi connectivity index (χ3v) is 6.44. The number of thiazole rings is 1. The normalized spacial score (nSPS) is 11.7. The highest BCUT2D eigenvalue weighted by atomic mass is 35.5. The summed E-state index contributed by atoms with van der Waals surface area (Å²) in [5.74, 6) is -1.11. The van der Waals surface area contributed by atoms with E-state index in [0.29, 0.717) is 5.01 Å². The van der Waals surface area contributed by atoms with Crippen molar-refractivity contribution in [2.75, 3.05) is 6.54 Å². The highest BCUT2D eigenvalue weighted by Crippen LogP contribution is 2.34. The summed E-state index contributed by atoms with van der Waals surface area (Å²) in [5, 5.41) is 10.7. The van der Waals surface area contributed by atoms with Gasteiger partial charge in [0.15, 0.2) is 5.69 Å². The van der Waals surface area contributed by atoms with Gasteiger partial charge in [-0.1, -0.05) is 23.2 Å². The third kappa shape index (κ3) is 4.15. The molecule has 2 rings (SSSR count). The van der Waals surface area contributed by atoms with Crippen molar-refractivity contribution in [2.45, 2.75) is 11.3 Å². The van der Waals surface area contributed by atoms with Gasteiger partial charge in [0.1, 0.15) is 9.23 Å². The van der Waals surface area contributed by atoms with Crippen molar-refractivity contribution < 1.29 is 18.3 Å². The Morgan fingerprint density at radius 3 is 2.67 bits per heavy atom. The van der Waals surface area contributed by atoms with Gasteiger partial charge in [0.05, 0.1) is 9.34 Å². The van der Waals surface area contributed by atoms with E-state index in [0.717, 1.165) is 22.7 Å². The second-order valence-electron chi connectivity index (χ2n) is 3.77. The Balaban J connectivity index is 1.99. The molecule has 0 amide bonds. The van der Waals surface area contributed by atoms with Gasteiger partial charge in [-0.05, 0) is 6.07 Å². The first-order valence-corrected chi connectivity index (χ1v) is 9.35. The van der Waals surface area contributed by atoms with Crippen molar-refractivity contribution in [3.05, 3.63) is 30.8 Å². The average Bonchev–Trinajstić information content (AvgIpc) is 2.96. The maximum absolute atomic E-state index is 12.0. The zero-order chi connectivity index (χ0) is 15.6. The third-order valence-electron chi connectivity index (χ3n) is 2.32. The molecule has 0 atom stereocenters. The molecule has 0 aliphatic heterocycles. The molecule has 6 nitrogen and oxygen atoms in total. The lowest BCUT2D eigenvalue weighted by Crippen LogP contribution is -2.25. The van der Waals surface area contributed by atoms with Gasteiger partial charge in [-0.15, -0.1) is 22.7 Å². The molecule has 0 unspecified atom stereocenters. The zero-order valence-corrected chi connectivity index (χ0v) is 14.1. The smallest absolute Gasteiger partial charge is 0.355 e. The van der Waals surface area contributed by atoms with Gasteiger partial charge in [0.25, 0.3) is 0 Å². The summed E-state index contributed by atoms with van der Waals surface area (Å²) in [6.07, 6.45) is 0.284. The van der Waals surface area contributed by atoms with E-state index in [1.54, 1.807) is 0 Å². The van der Waals surface area contributed by atoms with Gasteiger partial charge in [-0.25, -0.2) is 22.9 Å². The quantitative estimate of drug-likeness (QED) is 0.795. The maximum atomic E-state index is 12.0. The summed E-state index contributed by atoms with van der Waals surface area (Å²) in [6, 6.07) is 1.28. The number of aromatic nitrogens is 1. The number of carbonyl (C=O) groups is 1. The van der Waals surface area contributed by atoms with E-state index in [9.17, 15) is 13.2 Å². The Morgan fingerprint density at radius 2 is 2.14 bits per heavy atom. The molecule has 0 saturated carbocycles. The molecular weight excluding hydrogens is 379 g/mol. The standard InChI is InChI=1S/C10H8Cl2N2O4S3/c11-7-3-6(9(12)20-7)21(17,18)13-2-1-8-14-5(4-19-8)10(15)16/h3-4,13H,1-2H2,(H,15,16). The van der Waals surface area contributed by atoms with E-state index < -0.39 is 16.0 Å². The average molecular weight is 387 g/mol. The van der Waals surface area contributed by atoms with Gasteiger partial charge >= 0.3 is 5.97 Å². The Hall–Kier alpha value is -0.710. The molecule has 11 heteroatoms. The van der Waals surface area contributed by atoms with Crippen molar-refractivity contribution in [2.24, 2.45) is 0 Å². The topological polar surface area (TPSA) is 96.4 Å². The number of hydrogen-bond acceptors (Lipinski definition) is 6. The lowest BCUT2D eigenvalue weighted by Gasteiger charge is -2.04. The fraction of sp³-hybridized carbons (Fsp3) is 0.200. The lowest BCUT2D eigenvalue weighted by molar-refractivity contribution is 0.0691. The molecule has 0 saturated heterocycles. The van der Waals surface area contributed by atoms with Crippen LogP contribution >= 0.6 is 45.9 Å². The van der Waals surface area contributed by atoms with Crippen molar-refractivity contribution >= 4 is 61.9 Å². The van der Waals surface area contributed by atoms with Gasteiger partial charge < -0.3 is 5.11 Å². The molecule has 0 radical (unpaired) electrons. The van der Waals surface area contributed by atoms with Crippen LogP contribution in [0.2, 0.25) is 8.67 Å². The number of sulfonamides is 1. The van der Waals surface area contributed by atoms with Crippen LogP contribution in [0.4, 0.5) is 0 Å². The van der Waals surface area contributed by atoms with Gasteiger partial charge in [0, 0.05) is 18.3 Å². The maximum Gasteiger partial charge on any atom is 0.355 e. The van der Waals surface area contributed by atoms with E-state index in [-0.39, 0.29) is 32.2 Å². The number of hydrogen-bond donors (Lipinski definition) is 2. The molecule has 21 heavy (non-hydrogen) atoms. The number of nitrogens with one attached hydrogen (secondary N) is 1. The molecular formula is C10H8Cl2N2O4S3. The molecule has 0 aliphatic rings. The van der Waals surface area contributed by atoms with Crippen LogP contribution in [-0.4, -0.2) is 31.0 Å². The summed E-state index contributed by atoms with van der Waals surface area (Å²) in [5.41, 5.74) is -0.0504. The molecule has 114 valence electrons. The minimum absolute atomic E-state index is 0.0504. The first kappa shape index (κ1) is 16.7. The summed E-state index contributed by atoms with van der Waals surface area (Å²) >= 11 is 13.6. The first-order chi connectivity index (χ1) is 9.79. The minimum atomic E-state index is -3.75. The van der Waals surface area contributed by atoms with E-state index in [1.165, 1.54) is 11.4 Å². The Kier molecular flexibility index (Phi) is 5.23. The summed E-state index contributed by atoms with van der Waals surface area (Å²) < 4.78 is 26.8. The van der Waals surface area contributed by atoms with Crippen molar-refractivity contribution in [1.82, 2.24) is 9.71 Å². The van der Waals surface area contributed by atoms with Crippen LogP contribution in [0.25, 0.3) is 0 Å². The Morgan fingerprint density at radius 1 is 1.43 bits per heavy atom. The first-order valence-electron chi connectivity index (χ1n) is 5.42. The molecule has 0 aromatic carbocycles. The SMILES string of the molecule is O=C(O)c1csc(CCNS(=O)(=O)c2cc(Cl)sc2Cl)n1. The van der Waals surface area contributed by atoms with Crippen LogP contribution in [0.1, 0.15) is 15.5 Å². The van der Waals surface area contributed by atoms with Crippen LogP contribution in [0.15, 0.2) is 16.3 Å². The number of carboxylic acids is 1. The number of carboxylic acid groups (broad SMARTS) is 1. The van der Waals surface area contributed by atoms with Crippen LogP contribution < -0.4 is 4.72 Å². The molecule has 2 aromatic heterocycles. The number of rotatable bonds is 6. The fourth-order valence-corrected chi connectivity index (χ4v) is 5.35. The largest absolute Gasteiger partial charge is 0.476 e. The molecule has 0 aliphatic carbocycles. The number of nitrogens with zero attached hydrogens (tertiary/aromatic N) is 1. The van der Waals surface area contributed by atoms with Crippen molar-refractivity contribution in [3.63, 3.8) is 0 Å². The van der Waals surface area contributed by atoms with Gasteiger partial charge in [-0.3, -0.25) is 0 Å². The van der Waals surface area contributed by atoms with Gasteiger partial charge in [-0.2, -0.15) is 0 Å². The highest BCUT2D eigenvalue weighted by Gasteiger charge is 2.20. The molecule has 2 N–H and O–H groups in total.